The second kappa shape index (κ2) is 7.14. The molecule has 0 radical (unpaired) electrons. The number of hydrogen-bond donors (Lipinski definition) is 2. The summed E-state index contributed by atoms with van der Waals surface area (Å²) in [5.74, 6) is -0.578. The van der Waals surface area contributed by atoms with Gasteiger partial charge < -0.3 is 15.0 Å². The number of nitrogens with zero attached hydrogens (tertiary/aromatic N) is 4. The maximum Gasteiger partial charge on any atom is 0.261 e. The monoisotopic (exact) mass is 378 g/mol. The second-order valence-electron chi connectivity index (χ2n) is 6.47. The lowest BCUT2D eigenvalue weighted by Gasteiger charge is -2.26. The van der Waals surface area contributed by atoms with E-state index in [0.717, 1.165) is 0 Å². The van der Waals surface area contributed by atoms with Gasteiger partial charge in [0.1, 0.15) is 17.3 Å². The van der Waals surface area contributed by atoms with E-state index in [0.29, 0.717) is 36.0 Å². The van der Waals surface area contributed by atoms with E-state index in [1.807, 2.05) is 0 Å². The van der Waals surface area contributed by atoms with Crippen LogP contribution in [0.1, 0.15) is 24.6 Å². The molecule has 9 heteroatoms. The highest BCUT2D eigenvalue weighted by Gasteiger charge is 2.27. The molecule has 2 unspecified atom stereocenters. The smallest absolute Gasteiger partial charge is 0.261 e. The van der Waals surface area contributed by atoms with Gasteiger partial charge in [-0.1, -0.05) is 0 Å². The summed E-state index contributed by atoms with van der Waals surface area (Å²) in [5.41, 5.74) is 0.472. The Bertz CT molecular complexity index is 1190. The van der Waals surface area contributed by atoms with Crippen molar-refractivity contribution in [1.29, 1.82) is 10.5 Å². The Labute approximate surface area is 158 Å². The first-order valence-corrected chi connectivity index (χ1v) is 8.68. The predicted octanol–water partition coefficient (Wildman–Crippen LogP) is 2.93. The zero-order valence-electron chi connectivity index (χ0n) is 14.6. The number of aromatic amines is 1. The van der Waals surface area contributed by atoms with Crippen LogP contribution in [-0.4, -0.2) is 21.4 Å². The Morgan fingerprint density at radius 1 is 1.36 bits per heavy atom. The number of halogens is 1. The Morgan fingerprint density at radius 2 is 2.21 bits per heavy atom. The number of aromatic nitrogens is 3. The van der Waals surface area contributed by atoms with Crippen molar-refractivity contribution in [1.82, 2.24) is 14.8 Å². The fourth-order valence-corrected chi connectivity index (χ4v) is 3.29. The van der Waals surface area contributed by atoms with Crippen LogP contribution in [-0.2, 0) is 4.74 Å². The van der Waals surface area contributed by atoms with Crippen molar-refractivity contribution in [3.63, 3.8) is 0 Å². The molecule has 28 heavy (non-hydrogen) atoms. The minimum atomic E-state index is -0.669. The molecule has 2 atom stereocenters. The van der Waals surface area contributed by atoms with Crippen LogP contribution < -0.4 is 10.9 Å². The standard InChI is InChI=1S/C19H15FN6O2/c20-14-8-13(2-1-12(14)10-22)24-18-17-15(3-5-23-19(17)27)26(25-18)16-7-11(9-21)4-6-28-16/h1-3,5,8,11,16H,4,6-7H2,(H,23,27)(H,24,25). The Kier molecular flexibility index (Phi) is 4.52. The average Bonchev–Trinajstić information content (AvgIpc) is 3.08. The van der Waals surface area contributed by atoms with Crippen molar-refractivity contribution in [2.24, 2.45) is 5.92 Å². The molecule has 0 saturated carbocycles. The molecule has 3 heterocycles. The van der Waals surface area contributed by atoms with Crippen LogP contribution in [0.2, 0.25) is 0 Å². The minimum absolute atomic E-state index is 0.0723. The topological polar surface area (TPSA) is 120 Å². The van der Waals surface area contributed by atoms with E-state index in [2.05, 4.69) is 21.5 Å². The summed E-state index contributed by atoms with van der Waals surface area (Å²) in [7, 11) is 0. The molecule has 1 aliphatic rings. The molecule has 2 N–H and O–H groups in total. The number of hydrogen-bond acceptors (Lipinski definition) is 6. The Hall–Kier alpha value is -3.69. The number of nitrogens with one attached hydrogen (secondary N) is 2. The van der Waals surface area contributed by atoms with Crippen molar-refractivity contribution in [2.75, 3.05) is 11.9 Å². The lowest BCUT2D eigenvalue weighted by atomic mass is 10.0. The number of nitriles is 2. The highest BCUT2D eigenvalue weighted by atomic mass is 19.1. The Morgan fingerprint density at radius 3 is 2.96 bits per heavy atom. The van der Waals surface area contributed by atoms with E-state index in [1.54, 1.807) is 16.8 Å². The molecule has 1 aliphatic heterocycles. The molecular formula is C19H15FN6O2. The van der Waals surface area contributed by atoms with Crippen molar-refractivity contribution < 1.29 is 9.13 Å². The van der Waals surface area contributed by atoms with Crippen molar-refractivity contribution in [2.45, 2.75) is 19.1 Å². The van der Waals surface area contributed by atoms with Gasteiger partial charge in [-0.25, -0.2) is 9.07 Å². The third kappa shape index (κ3) is 3.08. The SMILES string of the molecule is N#Cc1ccc(Nc2nn(C3CC(C#N)CCO3)c3cc[nH]c(=O)c23)cc1F. The molecule has 3 aromatic rings. The van der Waals surface area contributed by atoms with E-state index in [1.165, 1.54) is 24.4 Å². The molecule has 8 nitrogen and oxygen atoms in total. The van der Waals surface area contributed by atoms with Crippen LogP contribution in [0.25, 0.3) is 10.9 Å². The molecule has 1 saturated heterocycles. The number of pyridine rings is 1. The molecule has 0 spiro atoms. The highest BCUT2D eigenvalue weighted by molar-refractivity contribution is 5.91. The summed E-state index contributed by atoms with van der Waals surface area (Å²) in [4.78, 5) is 15.0. The van der Waals surface area contributed by atoms with Gasteiger partial charge in [0.25, 0.3) is 5.56 Å². The number of rotatable bonds is 3. The molecule has 2 aromatic heterocycles. The van der Waals surface area contributed by atoms with Gasteiger partial charge in [0, 0.05) is 18.3 Å². The summed E-state index contributed by atoms with van der Waals surface area (Å²) in [6.45, 7) is 0.428. The quantitative estimate of drug-likeness (QED) is 0.723. The minimum Gasteiger partial charge on any atom is -0.356 e. The van der Waals surface area contributed by atoms with E-state index in [9.17, 15) is 14.4 Å². The third-order valence-electron chi connectivity index (χ3n) is 4.70. The fraction of sp³-hybridized carbons (Fsp3) is 0.263. The van der Waals surface area contributed by atoms with Crippen LogP contribution in [0.5, 0.6) is 0 Å². The van der Waals surface area contributed by atoms with E-state index >= 15 is 0 Å². The molecule has 140 valence electrons. The van der Waals surface area contributed by atoms with E-state index in [-0.39, 0.29) is 22.9 Å². The first-order valence-electron chi connectivity index (χ1n) is 8.68. The van der Waals surface area contributed by atoms with Gasteiger partial charge in [0.2, 0.25) is 0 Å². The zero-order valence-corrected chi connectivity index (χ0v) is 14.6. The highest BCUT2D eigenvalue weighted by Crippen LogP contribution is 2.32. The second-order valence-corrected chi connectivity index (χ2v) is 6.47. The van der Waals surface area contributed by atoms with Crippen LogP contribution in [0.4, 0.5) is 15.9 Å². The van der Waals surface area contributed by atoms with Crippen LogP contribution >= 0.6 is 0 Å². The van der Waals surface area contributed by atoms with Crippen LogP contribution in [0, 0.1) is 34.4 Å². The first-order chi connectivity index (χ1) is 13.6. The van der Waals surface area contributed by atoms with Crippen molar-refractivity contribution in [3.8, 4) is 12.1 Å². The average molecular weight is 378 g/mol. The number of ether oxygens (including phenoxy) is 1. The fourth-order valence-electron chi connectivity index (χ4n) is 3.29. The maximum absolute atomic E-state index is 13.9. The van der Waals surface area contributed by atoms with Crippen molar-refractivity contribution >= 4 is 22.4 Å². The Balaban J connectivity index is 1.77. The molecular weight excluding hydrogens is 363 g/mol. The molecule has 0 bridgehead atoms. The van der Waals surface area contributed by atoms with Crippen LogP contribution in [0.15, 0.2) is 35.3 Å². The third-order valence-corrected chi connectivity index (χ3v) is 4.70. The normalized spacial score (nSPS) is 19.1. The van der Waals surface area contributed by atoms with Gasteiger partial charge in [-0.3, -0.25) is 4.79 Å². The molecule has 0 aliphatic carbocycles. The first kappa shape index (κ1) is 17.7. The van der Waals surface area contributed by atoms with E-state index < -0.39 is 12.0 Å². The molecule has 4 rings (SSSR count). The molecule has 1 fully saturated rings. The van der Waals surface area contributed by atoms with Gasteiger partial charge >= 0.3 is 0 Å². The molecule has 0 amide bonds. The predicted molar refractivity (Wildman–Crippen MR) is 98.1 cm³/mol. The van der Waals surface area contributed by atoms with Gasteiger partial charge in [-0.15, -0.1) is 0 Å². The summed E-state index contributed by atoms with van der Waals surface area (Å²) in [5, 5.41) is 25.8. The largest absolute Gasteiger partial charge is 0.356 e. The summed E-state index contributed by atoms with van der Waals surface area (Å²) >= 11 is 0. The molecule has 1 aromatic carbocycles. The van der Waals surface area contributed by atoms with Gasteiger partial charge in [-0.2, -0.15) is 15.6 Å². The number of fused-ring (bicyclic) bond motifs is 1. The number of benzene rings is 1. The lowest BCUT2D eigenvalue weighted by molar-refractivity contribution is -0.0488. The zero-order chi connectivity index (χ0) is 19.7. The van der Waals surface area contributed by atoms with Gasteiger partial charge in [0.05, 0.1) is 29.7 Å². The summed E-state index contributed by atoms with van der Waals surface area (Å²) in [6.07, 6.45) is 2.16. The van der Waals surface area contributed by atoms with Crippen molar-refractivity contribution in [3.05, 3.63) is 52.2 Å². The van der Waals surface area contributed by atoms with Gasteiger partial charge in [-0.05, 0) is 30.7 Å². The van der Waals surface area contributed by atoms with E-state index in [4.69, 9.17) is 10.00 Å². The summed E-state index contributed by atoms with van der Waals surface area (Å²) < 4.78 is 21.3. The van der Waals surface area contributed by atoms with Gasteiger partial charge in [0.15, 0.2) is 12.0 Å². The number of H-pyrrole nitrogens is 1. The summed E-state index contributed by atoms with van der Waals surface area (Å²) in [6, 6.07) is 9.77. The number of anilines is 2. The maximum atomic E-state index is 13.9. The van der Waals surface area contributed by atoms with Crippen LogP contribution in [0.3, 0.4) is 0 Å². The lowest BCUT2D eigenvalue weighted by Crippen LogP contribution is -2.24.